The van der Waals surface area contributed by atoms with Crippen LogP contribution in [0.25, 0.3) is 0 Å². The van der Waals surface area contributed by atoms with E-state index in [0.29, 0.717) is 5.56 Å². The first-order valence-corrected chi connectivity index (χ1v) is 5.21. The van der Waals surface area contributed by atoms with E-state index >= 15 is 0 Å². The van der Waals surface area contributed by atoms with E-state index in [4.69, 9.17) is 5.11 Å². The van der Waals surface area contributed by atoms with Gasteiger partial charge >= 0.3 is 5.97 Å². The first kappa shape index (κ1) is 12.2. The Morgan fingerprint density at radius 1 is 1.44 bits per heavy atom. The second-order valence-electron chi connectivity index (χ2n) is 3.83. The van der Waals surface area contributed by atoms with Gasteiger partial charge in [-0.2, -0.15) is 4.39 Å². The second kappa shape index (κ2) is 4.56. The lowest BCUT2D eigenvalue weighted by Gasteiger charge is -2.15. The van der Waals surface area contributed by atoms with Gasteiger partial charge in [0.25, 0.3) is 0 Å². The van der Waals surface area contributed by atoms with Crippen molar-refractivity contribution in [3.05, 3.63) is 53.6 Å². The zero-order valence-corrected chi connectivity index (χ0v) is 9.47. The number of imidazole rings is 1. The minimum absolute atomic E-state index is 0.434. The summed E-state index contributed by atoms with van der Waals surface area (Å²) in [5.74, 6) is -2.89. The fourth-order valence-corrected chi connectivity index (χ4v) is 1.76. The largest absolute Gasteiger partial charge is 0.476 e. The lowest BCUT2D eigenvalue weighted by molar-refractivity contribution is 0.0678. The Morgan fingerprint density at radius 2 is 2.17 bits per heavy atom. The SMILES string of the molecule is C[C@H](c1cccc(F)c1)n1cnc(F)c1C(=O)O. The highest BCUT2D eigenvalue weighted by Gasteiger charge is 2.22. The molecule has 0 unspecified atom stereocenters. The van der Waals surface area contributed by atoms with Crippen LogP contribution in [-0.4, -0.2) is 20.6 Å². The minimum atomic E-state index is -1.41. The van der Waals surface area contributed by atoms with Crippen molar-refractivity contribution in [3.63, 3.8) is 0 Å². The number of halogens is 2. The molecule has 18 heavy (non-hydrogen) atoms. The summed E-state index contributed by atoms with van der Waals surface area (Å²) in [7, 11) is 0. The molecular weight excluding hydrogens is 242 g/mol. The molecule has 1 N–H and O–H groups in total. The Hall–Kier alpha value is -2.24. The number of hydrogen-bond donors (Lipinski definition) is 1. The molecule has 0 fully saturated rings. The number of carboxylic acids is 1. The van der Waals surface area contributed by atoms with Gasteiger partial charge in [0.2, 0.25) is 5.95 Å². The van der Waals surface area contributed by atoms with Crippen LogP contribution in [0.4, 0.5) is 8.78 Å². The van der Waals surface area contributed by atoms with E-state index in [1.807, 2.05) is 0 Å². The van der Waals surface area contributed by atoms with Gasteiger partial charge < -0.3 is 9.67 Å². The Bertz CT molecular complexity index is 596. The van der Waals surface area contributed by atoms with Crippen LogP contribution in [0.5, 0.6) is 0 Å². The van der Waals surface area contributed by atoms with Crippen LogP contribution >= 0.6 is 0 Å². The maximum Gasteiger partial charge on any atom is 0.357 e. The summed E-state index contributed by atoms with van der Waals surface area (Å²) in [5.41, 5.74) is 0.00154. The predicted octanol–water partition coefficient (Wildman–Crippen LogP) is 2.47. The summed E-state index contributed by atoms with van der Waals surface area (Å²) < 4.78 is 27.5. The normalized spacial score (nSPS) is 12.4. The number of carbonyl (C=O) groups is 1. The molecular formula is C12H10F2N2O2. The molecule has 94 valence electrons. The first-order valence-electron chi connectivity index (χ1n) is 5.21. The monoisotopic (exact) mass is 252 g/mol. The van der Waals surface area contributed by atoms with Gasteiger partial charge in [-0.1, -0.05) is 12.1 Å². The first-order chi connectivity index (χ1) is 8.50. The lowest BCUT2D eigenvalue weighted by Crippen LogP contribution is -2.14. The van der Waals surface area contributed by atoms with Crippen molar-refractivity contribution >= 4 is 5.97 Å². The van der Waals surface area contributed by atoms with Crippen molar-refractivity contribution in [2.24, 2.45) is 0 Å². The van der Waals surface area contributed by atoms with Crippen molar-refractivity contribution < 1.29 is 18.7 Å². The van der Waals surface area contributed by atoms with Crippen LogP contribution in [0.3, 0.4) is 0 Å². The van der Waals surface area contributed by atoms with Crippen LogP contribution in [0.2, 0.25) is 0 Å². The third kappa shape index (κ3) is 2.09. The highest BCUT2D eigenvalue weighted by molar-refractivity contribution is 5.85. The molecule has 0 radical (unpaired) electrons. The third-order valence-corrected chi connectivity index (χ3v) is 2.70. The fraction of sp³-hybridized carbons (Fsp3) is 0.167. The van der Waals surface area contributed by atoms with Crippen LogP contribution in [-0.2, 0) is 0 Å². The van der Waals surface area contributed by atoms with Crippen molar-refractivity contribution in [1.29, 1.82) is 0 Å². The van der Waals surface area contributed by atoms with Crippen LogP contribution < -0.4 is 0 Å². The van der Waals surface area contributed by atoms with E-state index in [1.54, 1.807) is 13.0 Å². The molecule has 2 rings (SSSR count). The van der Waals surface area contributed by atoms with E-state index in [2.05, 4.69) is 4.98 Å². The lowest BCUT2D eigenvalue weighted by atomic mass is 10.1. The summed E-state index contributed by atoms with van der Waals surface area (Å²) >= 11 is 0. The minimum Gasteiger partial charge on any atom is -0.476 e. The van der Waals surface area contributed by atoms with Crippen molar-refractivity contribution in [2.75, 3.05) is 0 Å². The summed E-state index contributed by atoms with van der Waals surface area (Å²) in [5, 5.41) is 8.91. The molecule has 1 heterocycles. The van der Waals surface area contributed by atoms with Crippen LogP contribution in [0.1, 0.15) is 29.0 Å². The van der Waals surface area contributed by atoms with E-state index in [1.165, 1.54) is 18.2 Å². The molecule has 0 saturated heterocycles. The summed E-state index contributed by atoms with van der Waals surface area (Å²) in [6.45, 7) is 1.64. The molecule has 1 atom stereocenters. The van der Waals surface area contributed by atoms with Gasteiger partial charge in [-0.05, 0) is 24.6 Å². The van der Waals surface area contributed by atoms with Gasteiger partial charge in [0, 0.05) is 0 Å². The smallest absolute Gasteiger partial charge is 0.357 e. The number of hydrogen-bond acceptors (Lipinski definition) is 2. The van der Waals surface area contributed by atoms with Crippen LogP contribution in [0, 0.1) is 11.8 Å². The zero-order chi connectivity index (χ0) is 13.3. The molecule has 0 bridgehead atoms. The van der Waals surface area contributed by atoms with Gasteiger partial charge in [-0.25, -0.2) is 14.2 Å². The van der Waals surface area contributed by atoms with Gasteiger partial charge in [0.15, 0.2) is 5.69 Å². The standard InChI is InChI=1S/C12H10F2N2O2/c1-7(8-3-2-4-9(13)5-8)16-6-15-11(14)10(16)12(17)18/h2-7H,1H3,(H,17,18)/t7-/m1/s1. The highest BCUT2D eigenvalue weighted by atomic mass is 19.1. The second-order valence-corrected chi connectivity index (χ2v) is 3.83. The van der Waals surface area contributed by atoms with E-state index < -0.39 is 29.5 Å². The number of rotatable bonds is 3. The summed E-state index contributed by atoms with van der Waals surface area (Å²) in [6, 6.07) is 5.17. The highest BCUT2D eigenvalue weighted by Crippen LogP contribution is 2.21. The van der Waals surface area contributed by atoms with E-state index in [0.717, 1.165) is 10.9 Å². The number of nitrogens with zero attached hydrogens (tertiary/aromatic N) is 2. The molecule has 1 aromatic heterocycles. The number of carboxylic acid groups (broad SMARTS) is 1. The maximum absolute atomic E-state index is 13.2. The van der Waals surface area contributed by atoms with Gasteiger partial charge in [0.05, 0.1) is 12.4 Å². The fourth-order valence-electron chi connectivity index (χ4n) is 1.76. The van der Waals surface area contributed by atoms with Gasteiger partial charge in [0.1, 0.15) is 5.82 Å². The molecule has 0 aliphatic carbocycles. The third-order valence-electron chi connectivity index (χ3n) is 2.70. The molecule has 0 saturated carbocycles. The van der Waals surface area contributed by atoms with Crippen molar-refractivity contribution in [1.82, 2.24) is 9.55 Å². The topological polar surface area (TPSA) is 55.1 Å². The predicted molar refractivity (Wildman–Crippen MR) is 59.4 cm³/mol. The molecule has 0 spiro atoms. The average molecular weight is 252 g/mol. The molecule has 2 aromatic rings. The van der Waals surface area contributed by atoms with Gasteiger partial charge in [-0.15, -0.1) is 0 Å². The number of aromatic nitrogens is 2. The summed E-state index contributed by atoms with van der Waals surface area (Å²) in [4.78, 5) is 14.3. The van der Waals surface area contributed by atoms with Crippen LogP contribution in [0.15, 0.2) is 30.6 Å². The molecule has 4 nitrogen and oxygen atoms in total. The number of aromatic carboxylic acids is 1. The van der Waals surface area contributed by atoms with Gasteiger partial charge in [-0.3, -0.25) is 0 Å². The Kier molecular flexibility index (Phi) is 3.10. The molecule has 0 aliphatic rings. The average Bonchev–Trinajstić information content (AvgIpc) is 2.70. The Morgan fingerprint density at radius 3 is 2.78 bits per heavy atom. The molecule has 6 heteroatoms. The molecule has 0 amide bonds. The van der Waals surface area contributed by atoms with E-state index in [-0.39, 0.29) is 0 Å². The summed E-state index contributed by atoms with van der Waals surface area (Å²) in [6.07, 6.45) is 1.09. The molecule has 0 aliphatic heterocycles. The zero-order valence-electron chi connectivity index (χ0n) is 9.47. The Labute approximate surface area is 102 Å². The number of benzene rings is 1. The molecule has 1 aromatic carbocycles. The maximum atomic E-state index is 13.2. The van der Waals surface area contributed by atoms with Crippen molar-refractivity contribution in [2.45, 2.75) is 13.0 Å². The van der Waals surface area contributed by atoms with E-state index in [9.17, 15) is 13.6 Å². The Balaban J connectivity index is 2.46. The van der Waals surface area contributed by atoms with Crippen molar-refractivity contribution in [3.8, 4) is 0 Å². The quantitative estimate of drug-likeness (QED) is 0.912.